The number of hydrogen-bond donors (Lipinski definition) is 2. The molecule has 0 amide bonds. The molecule has 102 valence electrons. The Hall–Kier alpha value is -1.03. The first kappa shape index (κ1) is 14.4. The van der Waals surface area contributed by atoms with Crippen LogP contribution in [0.25, 0.3) is 11.4 Å². The molecule has 0 aliphatic carbocycles. The average Bonchev–Trinajstić information content (AvgIpc) is 2.76. The number of aromatic amines is 1. The van der Waals surface area contributed by atoms with Crippen molar-refractivity contribution in [3.63, 3.8) is 0 Å². The molecule has 0 saturated heterocycles. The molecule has 0 bridgehead atoms. The van der Waals surface area contributed by atoms with Crippen molar-refractivity contribution >= 4 is 23.2 Å². The molecule has 0 fully saturated rings. The van der Waals surface area contributed by atoms with Crippen LogP contribution in [0.4, 0.5) is 0 Å². The van der Waals surface area contributed by atoms with Gasteiger partial charge in [0, 0.05) is 34.0 Å². The molecule has 0 aliphatic heterocycles. The molecule has 0 atom stereocenters. The van der Waals surface area contributed by atoms with Crippen molar-refractivity contribution in [1.29, 1.82) is 0 Å². The van der Waals surface area contributed by atoms with Crippen molar-refractivity contribution in [3.05, 3.63) is 40.1 Å². The van der Waals surface area contributed by atoms with Gasteiger partial charge in [-0.25, -0.2) is 4.98 Å². The highest BCUT2D eigenvalue weighted by Gasteiger charge is 2.06. The number of H-pyrrole nitrogens is 1. The maximum atomic E-state index is 5.99. The molecule has 0 saturated carbocycles. The number of nitrogens with zero attached hydrogens (tertiary/aromatic N) is 1. The minimum Gasteiger partial charge on any atom is -0.341 e. The van der Waals surface area contributed by atoms with Crippen molar-refractivity contribution in [2.45, 2.75) is 20.4 Å². The Morgan fingerprint density at radius 3 is 2.53 bits per heavy atom. The van der Waals surface area contributed by atoms with E-state index in [4.69, 9.17) is 23.2 Å². The van der Waals surface area contributed by atoms with Gasteiger partial charge in [0.1, 0.15) is 5.82 Å². The standard InChI is InChI=1S/C14H17Cl2N3/c1-9(2)6-17-7-13-8-18-14(19-13)10-3-11(15)5-12(16)4-10/h3-5,8-9,17H,6-7H2,1-2H3,(H,18,19). The van der Waals surface area contributed by atoms with Gasteiger partial charge < -0.3 is 10.3 Å². The van der Waals surface area contributed by atoms with Crippen LogP contribution in [0.3, 0.4) is 0 Å². The summed E-state index contributed by atoms with van der Waals surface area (Å²) in [6, 6.07) is 5.40. The van der Waals surface area contributed by atoms with Gasteiger partial charge in [-0.1, -0.05) is 37.0 Å². The number of hydrogen-bond acceptors (Lipinski definition) is 2. The minimum absolute atomic E-state index is 0.610. The van der Waals surface area contributed by atoms with Crippen molar-refractivity contribution in [1.82, 2.24) is 15.3 Å². The van der Waals surface area contributed by atoms with E-state index in [2.05, 4.69) is 29.1 Å². The largest absolute Gasteiger partial charge is 0.341 e. The van der Waals surface area contributed by atoms with E-state index in [-0.39, 0.29) is 0 Å². The van der Waals surface area contributed by atoms with Crippen LogP contribution in [-0.2, 0) is 6.54 Å². The molecule has 0 spiro atoms. The molecule has 2 aromatic rings. The quantitative estimate of drug-likeness (QED) is 0.871. The number of imidazole rings is 1. The summed E-state index contributed by atoms with van der Waals surface area (Å²) in [7, 11) is 0. The summed E-state index contributed by atoms with van der Waals surface area (Å²) in [4.78, 5) is 7.62. The first-order chi connectivity index (χ1) is 9.04. The van der Waals surface area contributed by atoms with Gasteiger partial charge in [0.05, 0.1) is 0 Å². The predicted octanol–water partition coefficient (Wildman–Crippen LogP) is 4.13. The fraction of sp³-hybridized carbons (Fsp3) is 0.357. The zero-order valence-electron chi connectivity index (χ0n) is 11.0. The van der Waals surface area contributed by atoms with Crippen LogP contribution in [0.2, 0.25) is 10.0 Å². The molecule has 2 rings (SSSR count). The molecule has 1 aromatic carbocycles. The van der Waals surface area contributed by atoms with E-state index in [1.54, 1.807) is 6.07 Å². The Kier molecular flexibility index (Phi) is 4.86. The van der Waals surface area contributed by atoms with Crippen LogP contribution in [0, 0.1) is 5.92 Å². The lowest BCUT2D eigenvalue weighted by atomic mass is 10.2. The van der Waals surface area contributed by atoms with Gasteiger partial charge in [0.15, 0.2) is 0 Å². The van der Waals surface area contributed by atoms with Crippen LogP contribution in [0.5, 0.6) is 0 Å². The smallest absolute Gasteiger partial charge is 0.137 e. The van der Waals surface area contributed by atoms with Crippen LogP contribution in [0.15, 0.2) is 24.4 Å². The number of rotatable bonds is 5. The lowest BCUT2D eigenvalue weighted by molar-refractivity contribution is 0.549. The molecule has 0 unspecified atom stereocenters. The molecule has 1 heterocycles. The SMILES string of the molecule is CC(C)CNCc1cnc(-c2cc(Cl)cc(Cl)c2)[nH]1. The molecule has 19 heavy (non-hydrogen) atoms. The van der Waals surface area contributed by atoms with E-state index < -0.39 is 0 Å². The second-order valence-corrected chi connectivity index (χ2v) is 5.81. The van der Waals surface area contributed by atoms with Gasteiger partial charge in [-0.05, 0) is 30.7 Å². The molecule has 2 N–H and O–H groups in total. The lowest BCUT2D eigenvalue weighted by Gasteiger charge is -2.05. The summed E-state index contributed by atoms with van der Waals surface area (Å²) in [5, 5.41) is 4.58. The Balaban J connectivity index is 2.07. The molecule has 0 radical (unpaired) electrons. The number of benzene rings is 1. The summed E-state index contributed by atoms with van der Waals surface area (Å²) in [5.41, 5.74) is 1.94. The first-order valence-electron chi connectivity index (χ1n) is 6.25. The summed E-state index contributed by atoms with van der Waals surface area (Å²) >= 11 is 12.0. The molecular weight excluding hydrogens is 281 g/mol. The van der Waals surface area contributed by atoms with Crippen molar-refractivity contribution in [2.24, 2.45) is 5.92 Å². The van der Waals surface area contributed by atoms with E-state index in [1.165, 1.54) is 0 Å². The normalized spacial score (nSPS) is 11.2. The van der Waals surface area contributed by atoms with Crippen molar-refractivity contribution < 1.29 is 0 Å². The Morgan fingerprint density at radius 1 is 1.21 bits per heavy atom. The predicted molar refractivity (Wildman–Crippen MR) is 80.6 cm³/mol. The fourth-order valence-electron chi connectivity index (χ4n) is 1.78. The van der Waals surface area contributed by atoms with Gasteiger partial charge in [-0.15, -0.1) is 0 Å². The van der Waals surface area contributed by atoms with Crippen LogP contribution in [0.1, 0.15) is 19.5 Å². The Bertz CT molecular complexity index is 529. The van der Waals surface area contributed by atoms with Gasteiger partial charge in [-0.2, -0.15) is 0 Å². The van der Waals surface area contributed by atoms with Gasteiger partial charge in [0.2, 0.25) is 0 Å². The minimum atomic E-state index is 0.610. The second-order valence-electron chi connectivity index (χ2n) is 4.94. The van der Waals surface area contributed by atoms with Crippen LogP contribution >= 0.6 is 23.2 Å². The van der Waals surface area contributed by atoms with Gasteiger partial charge in [0.25, 0.3) is 0 Å². The maximum absolute atomic E-state index is 5.99. The Morgan fingerprint density at radius 2 is 1.89 bits per heavy atom. The molecule has 0 aliphatic rings. The second kappa shape index (κ2) is 6.42. The molecule has 5 heteroatoms. The highest BCUT2D eigenvalue weighted by atomic mass is 35.5. The summed E-state index contributed by atoms with van der Waals surface area (Å²) in [6.45, 7) is 6.12. The maximum Gasteiger partial charge on any atom is 0.137 e. The van der Waals surface area contributed by atoms with E-state index in [0.29, 0.717) is 16.0 Å². The monoisotopic (exact) mass is 297 g/mol. The van der Waals surface area contributed by atoms with Crippen LogP contribution in [-0.4, -0.2) is 16.5 Å². The number of nitrogens with one attached hydrogen (secondary N) is 2. The fourth-order valence-corrected chi connectivity index (χ4v) is 2.31. The molecule has 1 aromatic heterocycles. The van der Waals surface area contributed by atoms with E-state index in [0.717, 1.165) is 30.2 Å². The van der Waals surface area contributed by atoms with E-state index >= 15 is 0 Å². The topological polar surface area (TPSA) is 40.7 Å². The zero-order chi connectivity index (χ0) is 13.8. The molecular formula is C14H17Cl2N3. The van der Waals surface area contributed by atoms with E-state index in [9.17, 15) is 0 Å². The summed E-state index contributed by atoms with van der Waals surface area (Å²) < 4.78 is 0. The van der Waals surface area contributed by atoms with Gasteiger partial charge in [-0.3, -0.25) is 0 Å². The first-order valence-corrected chi connectivity index (χ1v) is 7.01. The molecule has 3 nitrogen and oxygen atoms in total. The number of halogens is 2. The zero-order valence-corrected chi connectivity index (χ0v) is 12.5. The van der Waals surface area contributed by atoms with Gasteiger partial charge >= 0.3 is 0 Å². The number of aromatic nitrogens is 2. The summed E-state index contributed by atoms with van der Waals surface area (Å²) in [6.07, 6.45) is 1.83. The third kappa shape index (κ3) is 4.23. The Labute approximate surface area is 123 Å². The lowest BCUT2D eigenvalue weighted by Crippen LogP contribution is -2.19. The van der Waals surface area contributed by atoms with Crippen LogP contribution < -0.4 is 5.32 Å². The average molecular weight is 298 g/mol. The summed E-state index contributed by atoms with van der Waals surface area (Å²) in [5.74, 6) is 1.42. The third-order valence-electron chi connectivity index (χ3n) is 2.63. The highest BCUT2D eigenvalue weighted by molar-refractivity contribution is 6.35. The van der Waals surface area contributed by atoms with Crippen molar-refractivity contribution in [3.8, 4) is 11.4 Å². The van der Waals surface area contributed by atoms with Crippen molar-refractivity contribution in [2.75, 3.05) is 6.54 Å². The third-order valence-corrected chi connectivity index (χ3v) is 3.07. The highest BCUT2D eigenvalue weighted by Crippen LogP contribution is 2.25. The van der Waals surface area contributed by atoms with E-state index in [1.807, 2.05) is 18.3 Å².